The Morgan fingerprint density at radius 1 is 1.09 bits per heavy atom. The molecule has 0 unspecified atom stereocenters. The highest BCUT2D eigenvalue weighted by Crippen LogP contribution is 2.41. The normalized spacial score (nSPS) is 24.2. The van der Waals surface area contributed by atoms with E-state index >= 15 is 0 Å². The maximum Gasteiger partial charge on any atom is 0.226 e. The summed E-state index contributed by atoms with van der Waals surface area (Å²) < 4.78 is 0. The second-order valence-corrected chi connectivity index (χ2v) is 9.41. The Balaban J connectivity index is 1.64. The summed E-state index contributed by atoms with van der Waals surface area (Å²) in [7, 11) is 0. The molecule has 0 radical (unpaired) electrons. The smallest absolute Gasteiger partial charge is 0.226 e. The average molecular weight is 447 g/mol. The van der Waals surface area contributed by atoms with E-state index in [2.05, 4.69) is 46.2 Å². The van der Waals surface area contributed by atoms with E-state index in [1.165, 1.54) is 19.1 Å². The zero-order chi connectivity index (χ0) is 23.4. The van der Waals surface area contributed by atoms with E-state index in [1.807, 2.05) is 0 Å². The van der Waals surface area contributed by atoms with Crippen molar-refractivity contribution in [2.45, 2.75) is 57.9 Å². The van der Waals surface area contributed by atoms with Gasteiger partial charge in [0.2, 0.25) is 5.91 Å². The van der Waals surface area contributed by atoms with Crippen LogP contribution in [0.4, 0.5) is 0 Å². The number of hydrogen-bond donors (Lipinski definition) is 0. The molecule has 1 amide bonds. The molecule has 1 saturated heterocycles. The van der Waals surface area contributed by atoms with Crippen LogP contribution in [0.5, 0.6) is 0 Å². The minimum Gasteiger partial charge on any atom is -0.352 e. The molecule has 0 N–H and O–H groups in total. The van der Waals surface area contributed by atoms with Crippen LogP contribution in [0, 0.1) is 29.1 Å². The van der Waals surface area contributed by atoms with Crippen molar-refractivity contribution in [3.05, 3.63) is 36.7 Å². The SMILES string of the molecule is C=CC(C=C)=N/N=C\C(C#N)=C(/N=C(CC)C1CC1)N1CCN(C(=O)C2CC2)[C@H](C2CC2)C1. The van der Waals surface area contributed by atoms with Crippen LogP contribution in [0.2, 0.25) is 0 Å². The molecule has 0 aromatic heterocycles. The van der Waals surface area contributed by atoms with Crippen molar-refractivity contribution in [1.82, 2.24) is 9.80 Å². The molecule has 4 fully saturated rings. The maximum absolute atomic E-state index is 12.9. The zero-order valence-corrected chi connectivity index (χ0v) is 19.6. The molecule has 3 aliphatic carbocycles. The summed E-state index contributed by atoms with van der Waals surface area (Å²) in [5.41, 5.74) is 2.09. The number of carbonyl (C=O) groups is 1. The Kier molecular flexibility index (Phi) is 7.22. The predicted molar refractivity (Wildman–Crippen MR) is 132 cm³/mol. The molecule has 0 spiro atoms. The molecule has 33 heavy (non-hydrogen) atoms. The lowest BCUT2D eigenvalue weighted by molar-refractivity contribution is -0.137. The minimum atomic E-state index is 0.200. The van der Waals surface area contributed by atoms with Crippen molar-refractivity contribution in [3.63, 3.8) is 0 Å². The van der Waals surface area contributed by atoms with Crippen LogP contribution in [-0.4, -0.2) is 59.0 Å². The number of hydrogen-bond acceptors (Lipinski definition) is 6. The molecule has 7 heteroatoms. The third-order valence-corrected chi connectivity index (χ3v) is 6.89. The lowest BCUT2D eigenvalue weighted by Crippen LogP contribution is -2.56. The van der Waals surface area contributed by atoms with Crippen molar-refractivity contribution < 1.29 is 4.79 Å². The topological polar surface area (TPSA) is 84.4 Å². The summed E-state index contributed by atoms with van der Waals surface area (Å²) in [5.74, 6) is 2.30. The lowest BCUT2D eigenvalue weighted by atomic mass is 10.1. The Bertz CT molecular complexity index is 946. The van der Waals surface area contributed by atoms with E-state index in [-0.39, 0.29) is 12.0 Å². The van der Waals surface area contributed by atoms with Gasteiger partial charge >= 0.3 is 0 Å². The number of rotatable bonds is 10. The van der Waals surface area contributed by atoms with Crippen LogP contribution in [0.1, 0.15) is 51.9 Å². The fraction of sp³-hybridized carbons (Fsp3) is 0.577. The molecular formula is C26H34N6O. The van der Waals surface area contributed by atoms with E-state index in [1.54, 1.807) is 12.2 Å². The first-order chi connectivity index (χ1) is 16.1. The van der Waals surface area contributed by atoms with E-state index in [4.69, 9.17) is 4.99 Å². The first-order valence-electron chi connectivity index (χ1n) is 12.2. The van der Waals surface area contributed by atoms with Gasteiger partial charge in [0.05, 0.1) is 18.0 Å². The van der Waals surface area contributed by atoms with E-state index < -0.39 is 0 Å². The molecule has 3 saturated carbocycles. The molecular weight excluding hydrogens is 412 g/mol. The van der Waals surface area contributed by atoms with Crippen LogP contribution < -0.4 is 0 Å². The van der Waals surface area contributed by atoms with Crippen LogP contribution in [0.3, 0.4) is 0 Å². The highest BCUT2D eigenvalue weighted by Gasteiger charge is 2.45. The number of nitrogens with zero attached hydrogens (tertiary/aromatic N) is 6. The highest BCUT2D eigenvalue weighted by molar-refractivity contribution is 6.03. The summed E-state index contributed by atoms with van der Waals surface area (Å²) in [5, 5.41) is 18.2. The third kappa shape index (κ3) is 5.68. The summed E-state index contributed by atoms with van der Waals surface area (Å²) in [6.45, 7) is 11.6. The van der Waals surface area contributed by atoms with Gasteiger partial charge < -0.3 is 9.80 Å². The van der Waals surface area contributed by atoms with Crippen molar-refractivity contribution in [2.24, 2.45) is 32.9 Å². The first kappa shape index (κ1) is 23.2. The molecule has 174 valence electrons. The molecule has 4 rings (SSSR count). The average Bonchev–Trinajstić information content (AvgIpc) is 3.67. The Labute approximate surface area is 197 Å². The molecule has 1 atom stereocenters. The predicted octanol–water partition coefficient (Wildman–Crippen LogP) is 4.11. The van der Waals surface area contributed by atoms with E-state index in [0.717, 1.165) is 44.4 Å². The van der Waals surface area contributed by atoms with E-state index in [0.29, 0.717) is 47.9 Å². The molecule has 4 aliphatic rings. The highest BCUT2D eigenvalue weighted by atomic mass is 16.2. The number of nitriles is 1. The van der Waals surface area contributed by atoms with Gasteiger partial charge in [-0.3, -0.25) is 4.79 Å². The molecule has 1 aliphatic heterocycles. The van der Waals surface area contributed by atoms with Gasteiger partial charge in [-0.05, 0) is 68.9 Å². The number of aliphatic imine (C=N–C) groups is 1. The van der Waals surface area contributed by atoms with Gasteiger partial charge in [0.25, 0.3) is 0 Å². The van der Waals surface area contributed by atoms with Gasteiger partial charge in [0.15, 0.2) is 0 Å². The van der Waals surface area contributed by atoms with Gasteiger partial charge in [-0.15, -0.1) is 0 Å². The maximum atomic E-state index is 12.9. The van der Waals surface area contributed by atoms with Crippen molar-refractivity contribution in [1.29, 1.82) is 5.26 Å². The second kappa shape index (κ2) is 10.3. The van der Waals surface area contributed by atoms with Gasteiger partial charge in [-0.1, -0.05) is 20.1 Å². The quantitative estimate of drug-likeness (QED) is 0.287. The zero-order valence-electron chi connectivity index (χ0n) is 19.6. The van der Waals surface area contributed by atoms with Crippen LogP contribution in [-0.2, 0) is 4.79 Å². The Morgan fingerprint density at radius 2 is 1.79 bits per heavy atom. The summed E-state index contributed by atoms with van der Waals surface area (Å²) in [6, 6.07) is 2.50. The Hall–Kier alpha value is -3.01. The molecule has 1 heterocycles. The molecule has 0 bridgehead atoms. The summed E-state index contributed by atoms with van der Waals surface area (Å²) in [6.07, 6.45) is 12.2. The minimum absolute atomic E-state index is 0.200. The Morgan fingerprint density at radius 3 is 2.33 bits per heavy atom. The van der Waals surface area contributed by atoms with Crippen molar-refractivity contribution in [3.8, 4) is 6.07 Å². The van der Waals surface area contributed by atoms with Crippen molar-refractivity contribution >= 4 is 23.5 Å². The summed E-state index contributed by atoms with van der Waals surface area (Å²) >= 11 is 0. The standard InChI is InChI=1S/C26H34N6O/c1-4-22(5-2)30-28-16-21(15-27)25(29-23(6-3)18-7-8-18)31-13-14-32(26(33)20-11-12-20)24(17-31)19-9-10-19/h4-5,16,18-20,24H,1-2,6-14,17H2,3H3/b25-21+,28-16-,29-23?/t24-/m0/s1. The fourth-order valence-corrected chi connectivity index (χ4v) is 4.49. The fourth-order valence-electron chi connectivity index (χ4n) is 4.49. The van der Waals surface area contributed by atoms with Gasteiger partial charge in [0.1, 0.15) is 17.5 Å². The summed E-state index contributed by atoms with van der Waals surface area (Å²) in [4.78, 5) is 22.3. The number of piperazine rings is 1. The first-order valence-corrected chi connectivity index (χ1v) is 12.2. The second-order valence-electron chi connectivity index (χ2n) is 9.41. The lowest BCUT2D eigenvalue weighted by Gasteiger charge is -2.43. The molecule has 0 aromatic rings. The van der Waals surface area contributed by atoms with Gasteiger partial charge in [-0.2, -0.15) is 15.5 Å². The van der Waals surface area contributed by atoms with Gasteiger partial charge in [0, 0.05) is 31.3 Å². The number of allylic oxidation sites excluding steroid dienone is 3. The van der Waals surface area contributed by atoms with Gasteiger partial charge in [-0.25, -0.2) is 4.99 Å². The van der Waals surface area contributed by atoms with Crippen LogP contribution >= 0.6 is 0 Å². The van der Waals surface area contributed by atoms with Crippen LogP contribution in [0.15, 0.2) is 51.9 Å². The molecule has 7 nitrogen and oxygen atoms in total. The number of amides is 1. The third-order valence-electron chi connectivity index (χ3n) is 6.89. The monoisotopic (exact) mass is 446 g/mol. The number of carbonyl (C=O) groups excluding carboxylic acids is 1. The van der Waals surface area contributed by atoms with Crippen LogP contribution in [0.25, 0.3) is 0 Å². The van der Waals surface area contributed by atoms with E-state index in [9.17, 15) is 10.1 Å². The molecule has 0 aromatic carbocycles. The van der Waals surface area contributed by atoms with Crippen molar-refractivity contribution in [2.75, 3.05) is 19.6 Å². The largest absolute Gasteiger partial charge is 0.352 e.